The Morgan fingerprint density at radius 3 is 2.58 bits per heavy atom. The highest BCUT2D eigenvalue weighted by molar-refractivity contribution is 7.89. The number of benzene rings is 1. The lowest BCUT2D eigenvalue weighted by molar-refractivity contribution is -0.129. The van der Waals surface area contributed by atoms with E-state index in [2.05, 4.69) is 4.72 Å². The Hall–Kier alpha value is -2.12. The zero-order valence-electron chi connectivity index (χ0n) is 13.7. The molecule has 24 heavy (non-hydrogen) atoms. The smallest absolute Gasteiger partial charge is 0.244 e. The summed E-state index contributed by atoms with van der Waals surface area (Å²) in [5, 5.41) is 0. The summed E-state index contributed by atoms with van der Waals surface area (Å²) < 4.78 is 32.8. The van der Waals surface area contributed by atoms with Crippen LogP contribution in [0.3, 0.4) is 0 Å². The number of furan rings is 1. The highest BCUT2D eigenvalue weighted by Gasteiger charge is 2.35. The Morgan fingerprint density at radius 2 is 1.96 bits per heavy atom. The normalized spacial score (nSPS) is 18.3. The quantitative estimate of drug-likeness (QED) is 0.896. The van der Waals surface area contributed by atoms with Crippen molar-refractivity contribution >= 4 is 15.9 Å². The first-order valence-corrected chi connectivity index (χ1v) is 9.27. The molecule has 0 spiro atoms. The van der Waals surface area contributed by atoms with Crippen LogP contribution < -0.4 is 4.72 Å². The van der Waals surface area contributed by atoms with Crippen LogP contribution in [0.15, 0.2) is 45.7 Å². The number of amides is 1. The van der Waals surface area contributed by atoms with Gasteiger partial charge >= 0.3 is 0 Å². The van der Waals surface area contributed by atoms with Crippen molar-refractivity contribution in [3.63, 3.8) is 0 Å². The van der Waals surface area contributed by atoms with Gasteiger partial charge < -0.3 is 9.32 Å². The minimum atomic E-state index is -3.77. The standard InChI is InChI=1S/C17H20N2O4S/c1-12-10-16(13(2)23-12)24(21,22)18-15-8-9-19(17(15)20)11-14-6-4-3-5-7-14/h3-7,10,15,18H,8-9,11H2,1-2H3. The molecule has 0 saturated carbocycles. The van der Waals surface area contributed by atoms with E-state index < -0.39 is 16.1 Å². The molecule has 1 unspecified atom stereocenters. The van der Waals surface area contributed by atoms with E-state index in [4.69, 9.17) is 4.42 Å². The van der Waals surface area contributed by atoms with Crippen molar-refractivity contribution in [2.75, 3.05) is 6.54 Å². The SMILES string of the molecule is Cc1cc(S(=O)(=O)NC2CCN(Cc3ccccc3)C2=O)c(C)o1. The number of aryl methyl sites for hydroxylation is 2. The number of nitrogens with one attached hydrogen (secondary N) is 1. The number of carbonyl (C=O) groups is 1. The van der Waals surface area contributed by atoms with Crippen LogP contribution in [0, 0.1) is 13.8 Å². The molecule has 7 heteroatoms. The fourth-order valence-corrected chi connectivity index (χ4v) is 4.40. The molecule has 1 fully saturated rings. The highest BCUT2D eigenvalue weighted by Crippen LogP contribution is 2.22. The van der Waals surface area contributed by atoms with Crippen molar-refractivity contribution in [2.45, 2.75) is 37.8 Å². The van der Waals surface area contributed by atoms with Gasteiger partial charge in [0, 0.05) is 13.1 Å². The van der Waals surface area contributed by atoms with Gasteiger partial charge in [-0.2, -0.15) is 4.72 Å². The summed E-state index contributed by atoms with van der Waals surface area (Å²) in [7, 11) is -3.77. The van der Waals surface area contributed by atoms with Crippen molar-refractivity contribution in [3.05, 3.63) is 53.5 Å². The van der Waals surface area contributed by atoms with Gasteiger partial charge in [-0.3, -0.25) is 4.79 Å². The number of hydrogen-bond acceptors (Lipinski definition) is 4. The molecule has 1 N–H and O–H groups in total. The molecule has 6 nitrogen and oxygen atoms in total. The molecule has 1 aromatic carbocycles. The summed E-state index contributed by atoms with van der Waals surface area (Å²) in [4.78, 5) is 14.3. The topological polar surface area (TPSA) is 79.6 Å². The fourth-order valence-electron chi connectivity index (χ4n) is 2.93. The third-order valence-corrected chi connectivity index (χ3v) is 5.68. The molecule has 1 amide bonds. The molecule has 0 aliphatic carbocycles. The molecule has 0 bridgehead atoms. The summed E-state index contributed by atoms with van der Waals surface area (Å²) in [6, 6.07) is 10.4. The largest absolute Gasteiger partial charge is 0.465 e. The van der Waals surface area contributed by atoms with Crippen LogP contribution in [0.1, 0.15) is 23.5 Å². The Bertz CT molecular complexity index is 843. The number of nitrogens with zero attached hydrogens (tertiary/aromatic N) is 1. The van der Waals surface area contributed by atoms with Crippen molar-refractivity contribution in [2.24, 2.45) is 0 Å². The molecule has 2 aromatic rings. The van der Waals surface area contributed by atoms with E-state index in [9.17, 15) is 13.2 Å². The lowest BCUT2D eigenvalue weighted by Crippen LogP contribution is -2.41. The molecule has 128 valence electrons. The Morgan fingerprint density at radius 1 is 1.25 bits per heavy atom. The number of likely N-dealkylation sites (tertiary alicyclic amines) is 1. The van der Waals surface area contributed by atoms with E-state index in [1.54, 1.807) is 18.7 Å². The van der Waals surface area contributed by atoms with E-state index in [0.717, 1.165) is 5.56 Å². The highest BCUT2D eigenvalue weighted by atomic mass is 32.2. The second kappa shape index (κ2) is 6.41. The monoisotopic (exact) mass is 348 g/mol. The summed E-state index contributed by atoms with van der Waals surface area (Å²) >= 11 is 0. The van der Waals surface area contributed by atoms with E-state index in [1.807, 2.05) is 30.3 Å². The molecule has 1 aromatic heterocycles. The molecular weight excluding hydrogens is 328 g/mol. The zero-order valence-corrected chi connectivity index (χ0v) is 14.5. The van der Waals surface area contributed by atoms with Gasteiger partial charge in [0.1, 0.15) is 22.5 Å². The number of carbonyl (C=O) groups excluding carboxylic acids is 1. The van der Waals surface area contributed by atoms with Crippen LogP contribution in [0.25, 0.3) is 0 Å². The van der Waals surface area contributed by atoms with Gasteiger partial charge in [0.15, 0.2) is 0 Å². The van der Waals surface area contributed by atoms with Crippen LogP contribution in [0.2, 0.25) is 0 Å². The van der Waals surface area contributed by atoms with Gasteiger partial charge in [0.25, 0.3) is 0 Å². The molecule has 1 aliphatic heterocycles. The minimum absolute atomic E-state index is 0.0920. The fraction of sp³-hybridized carbons (Fsp3) is 0.353. The summed E-state index contributed by atoms with van der Waals surface area (Å²) in [5.41, 5.74) is 1.02. The summed E-state index contributed by atoms with van der Waals surface area (Å²) in [5.74, 6) is 0.656. The molecule has 3 rings (SSSR count). The van der Waals surface area contributed by atoms with E-state index in [1.165, 1.54) is 6.07 Å². The van der Waals surface area contributed by atoms with Crippen LogP contribution in [0.5, 0.6) is 0 Å². The lowest BCUT2D eigenvalue weighted by Gasteiger charge is -2.17. The van der Waals surface area contributed by atoms with Gasteiger partial charge in [0.2, 0.25) is 15.9 Å². The van der Waals surface area contributed by atoms with Crippen LogP contribution in [-0.2, 0) is 21.4 Å². The van der Waals surface area contributed by atoms with Crippen molar-refractivity contribution in [3.8, 4) is 0 Å². The average molecular weight is 348 g/mol. The minimum Gasteiger partial charge on any atom is -0.465 e. The van der Waals surface area contributed by atoms with Gasteiger partial charge in [-0.15, -0.1) is 0 Å². The van der Waals surface area contributed by atoms with Gasteiger partial charge in [-0.25, -0.2) is 8.42 Å². The number of rotatable bonds is 5. The van der Waals surface area contributed by atoms with Crippen molar-refractivity contribution in [1.29, 1.82) is 0 Å². The Labute approximate surface area is 141 Å². The van der Waals surface area contributed by atoms with Crippen LogP contribution in [-0.4, -0.2) is 31.8 Å². The molecule has 1 aliphatic rings. The Balaban J connectivity index is 1.70. The predicted octanol–water partition coefficient (Wildman–Crippen LogP) is 1.98. The second-order valence-electron chi connectivity index (χ2n) is 5.99. The van der Waals surface area contributed by atoms with Crippen molar-refractivity contribution in [1.82, 2.24) is 9.62 Å². The maximum absolute atomic E-state index is 12.5. The van der Waals surface area contributed by atoms with E-state index >= 15 is 0 Å². The Kier molecular flexibility index (Phi) is 4.47. The first-order valence-electron chi connectivity index (χ1n) is 7.79. The zero-order chi connectivity index (χ0) is 17.3. The second-order valence-corrected chi connectivity index (χ2v) is 7.67. The van der Waals surface area contributed by atoms with E-state index in [-0.39, 0.29) is 10.8 Å². The predicted molar refractivity (Wildman–Crippen MR) is 88.8 cm³/mol. The van der Waals surface area contributed by atoms with Crippen LogP contribution in [0.4, 0.5) is 0 Å². The maximum atomic E-state index is 12.5. The van der Waals surface area contributed by atoms with E-state index in [0.29, 0.717) is 31.0 Å². The van der Waals surface area contributed by atoms with Gasteiger partial charge in [0.05, 0.1) is 0 Å². The third-order valence-electron chi connectivity index (χ3n) is 4.10. The molecule has 1 saturated heterocycles. The average Bonchev–Trinajstić information content (AvgIpc) is 3.05. The lowest BCUT2D eigenvalue weighted by atomic mass is 10.2. The third kappa shape index (κ3) is 3.37. The van der Waals surface area contributed by atoms with Gasteiger partial charge in [-0.1, -0.05) is 30.3 Å². The molecule has 0 radical (unpaired) electrons. The molecule has 2 heterocycles. The van der Waals surface area contributed by atoms with Crippen molar-refractivity contribution < 1.29 is 17.6 Å². The maximum Gasteiger partial charge on any atom is 0.244 e. The number of hydrogen-bond donors (Lipinski definition) is 1. The number of sulfonamides is 1. The first kappa shape index (κ1) is 16.7. The summed E-state index contributed by atoms with van der Waals surface area (Å²) in [6.45, 7) is 4.31. The molecule has 1 atom stereocenters. The first-order chi connectivity index (χ1) is 11.4. The molecular formula is C17H20N2O4S. The van der Waals surface area contributed by atoms with Gasteiger partial charge in [-0.05, 0) is 31.9 Å². The summed E-state index contributed by atoms with van der Waals surface area (Å²) in [6.07, 6.45) is 0.459. The van der Waals surface area contributed by atoms with Crippen LogP contribution >= 0.6 is 0 Å².